The topological polar surface area (TPSA) is 58.9 Å². The van der Waals surface area contributed by atoms with Gasteiger partial charge in [0.1, 0.15) is 5.75 Å². The molecule has 5 heteroatoms. The van der Waals surface area contributed by atoms with Gasteiger partial charge in [-0.25, -0.2) is 4.79 Å². The van der Waals surface area contributed by atoms with Crippen LogP contribution in [0.4, 0.5) is 5.69 Å². The third-order valence-electron chi connectivity index (χ3n) is 2.43. The highest BCUT2D eigenvalue weighted by molar-refractivity contribution is 6.30. The lowest BCUT2D eigenvalue weighted by molar-refractivity contribution is -0.139. The van der Waals surface area contributed by atoms with Crippen LogP contribution >= 0.6 is 11.6 Å². The molecule has 20 heavy (non-hydrogen) atoms. The minimum Gasteiger partial charge on any atom is -0.482 e. The van der Waals surface area contributed by atoms with Crippen molar-refractivity contribution in [1.29, 1.82) is 0 Å². The summed E-state index contributed by atoms with van der Waals surface area (Å²) in [6.07, 6.45) is 1.71. The summed E-state index contributed by atoms with van der Waals surface area (Å²) in [5.74, 6) is -0.491. The van der Waals surface area contributed by atoms with Gasteiger partial charge in [0, 0.05) is 11.2 Å². The van der Waals surface area contributed by atoms with Gasteiger partial charge >= 0.3 is 5.97 Å². The number of ether oxygens (including phenoxy) is 1. The van der Waals surface area contributed by atoms with Crippen molar-refractivity contribution in [2.75, 3.05) is 6.61 Å². The van der Waals surface area contributed by atoms with Crippen molar-refractivity contribution in [2.45, 2.75) is 0 Å². The summed E-state index contributed by atoms with van der Waals surface area (Å²) in [5, 5.41) is 9.17. The van der Waals surface area contributed by atoms with Gasteiger partial charge in [0.2, 0.25) is 0 Å². The van der Waals surface area contributed by atoms with Crippen LogP contribution in [0, 0.1) is 0 Å². The maximum Gasteiger partial charge on any atom is 0.341 e. The minimum atomic E-state index is -1.00. The fraction of sp³-hybridized carbons (Fsp3) is 0.0667. The number of nitrogens with zero attached hydrogens (tertiary/aromatic N) is 1. The lowest BCUT2D eigenvalue weighted by Gasteiger charge is -2.02. The van der Waals surface area contributed by atoms with E-state index in [-0.39, 0.29) is 6.61 Å². The summed E-state index contributed by atoms with van der Waals surface area (Å²) in [6.45, 7) is -0.349. The summed E-state index contributed by atoms with van der Waals surface area (Å²) >= 11 is 5.79. The highest BCUT2D eigenvalue weighted by Crippen LogP contribution is 2.16. The average Bonchev–Trinajstić information content (AvgIpc) is 2.45. The van der Waals surface area contributed by atoms with Crippen molar-refractivity contribution in [3.63, 3.8) is 0 Å². The number of halogens is 1. The molecule has 0 amide bonds. The Morgan fingerprint density at radius 1 is 1.15 bits per heavy atom. The van der Waals surface area contributed by atoms with Crippen LogP contribution in [0.25, 0.3) is 0 Å². The van der Waals surface area contributed by atoms with E-state index < -0.39 is 5.97 Å². The zero-order chi connectivity index (χ0) is 14.4. The Hall–Kier alpha value is -2.33. The highest BCUT2D eigenvalue weighted by atomic mass is 35.5. The molecule has 0 unspecified atom stereocenters. The Bertz CT molecular complexity index is 606. The SMILES string of the molecule is O=C(O)COc1ccc(C=Nc2ccc(Cl)cc2)cc1. The molecule has 0 aliphatic rings. The van der Waals surface area contributed by atoms with Crippen molar-refractivity contribution >= 4 is 29.5 Å². The molecule has 0 atom stereocenters. The van der Waals surface area contributed by atoms with Gasteiger partial charge in [-0.15, -0.1) is 0 Å². The Balaban J connectivity index is 1.99. The van der Waals surface area contributed by atoms with Crippen LogP contribution < -0.4 is 4.74 Å². The van der Waals surface area contributed by atoms with Gasteiger partial charge in [0.15, 0.2) is 6.61 Å². The van der Waals surface area contributed by atoms with Crippen molar-refractivity contribution in [1.82, 2.24) is 0 Å². The van der Waals surface area contributed by atoms with Crippen molar-refractivity contribution in [3.8, 4) is 5.75 Å². The molecular formula is C15H12ClNO3. The van der Waals surface area contributed by atoms with Gasteiger partial charge in [-0.2, -0.15) is 0 Å². The first-order chi connectivity index (χ1) is 9.63. The molecule has 0 aliphatic carbocycles. The summed E-state index contributed by atoms with van der Waals surface area (Å²) in [4.78, 5) is 14.7. The average molecular weight is 290 g/mol. The molecule has 2 aromatic carbocycles. The molecular weight excluding hydrogens is 278 g/mol. The van der Waals surface area contributed by atoms with E-state index in [4.69, 9.17) is 21.4 Å². The first-order valence-electron chi connectivity index (χ1n) is 5.88. The molecule has 0 aromatic heterocycles. The number of rotatable bonds is 5. The van der Waals surface area contributed by atoms with E-state index >= 15 is 0 Å². The molecule has 0 heterocycles. The Morgan fingerprint density at radius 2 is 1.80 bits per heavy atom. The van der Waals surface area contributed by atoms with Gasteiger partial charge in [0.05, 0.1) is 5.69 Å². The van der Waals surface area contributed by atoms with Gasteiger partial charge in [-0.3, -0.25) is 4.99 Å². The second kappa shape index (κ2) is 6.73. The molecule has 2 rings (SSSR count). The predicted molar refractivity (Wildman–Crippen MR) is 78.3 cm³/mol. The molecule has 2 aromatic rings. The minimum absolute atomic E-state index is 0.349. The first-order valence-corrected chi connectivity index (χ1v) is 6.25. The van der Waals surface area contributed by atoms with Crippen LogP contribution in [0.15, 0.2) is 53.5 Å². The number of carboxylic acid groups (broad SMARTS) is 1. The lowest BCUT2D eigenvalue weighted by atomic mass is 10.2. The van der Waals surface area contributed by atoms with Gasteiger partial charge < -0.3 is 9.84 Å². The number of hydrogen-bond acceptors (Lipinski definition) is 3. The summed E-state index contributed by atoms with van der Waals surface area (Å²) in [7, 11) is 0. The largest absolute Gasteiger partial charge is 0.482 e. The van der Waals surface area contributed by atoms with Crippen molar-refractivity contribution < 1.29 is 14.6 Å². The van der Waals surface area contributed by atoms with Crippen LogP contribution in [-0.4, -0.2) is 23.9 Å². The van der Waals surface area contributed by atoms with Crippen LogP contribution in [0.2, 0.25) is 5.02 Å². The zero-order valence-electron chi connectivity index (χ0n) is 10.5. The Morgan fingerprint density at radius 3 is 2.40 bits per heavy atom. The molecule has 0 bridgehead atoms. The Kier molecular flexibility index (Phi) is 4.74. The number of carboxylic acids is 1. The Labute approximate surface area is 121 Å². The lowest BCUT2D eigenvalue weighted by Crippen LogP contribution is -2.09. The van der Waals surface area contributed by atoms with Crippen molar-refractivity contribution in [2.24, 2.45) is 4.99 Å². The monoisotopic (exact) mass is 289 g/mol. The molecule has 0 aliphatic heterocycles. The molecule has 0 fully saturated rings. The number of carbonyl (C=O) groups is 1. The van der Waals surface area contributed by atoms with Gasteiger partial charge in [0.25, 0.3) is 0 Å². The zero-order valence-corrected chi connectivity index (χ0v) is 11.2. The molecule has 4 nitrogen and oxygen atoms in total. The first kappa shape index (κ1) is 14.1. The van der Waals surface area contributed by atoms with Crippen LogP contribution in [-0.2, 0) is 4.79 Å². The molecule has 0 saturated heterocycles. The van der Waals surface area contributed by atoms with E-state index in [1.54, 1.807) is 42.6 Å². The number of benzene rings is 2. The third kappa shape index (κ3) is 4.40. The highest BCUT2D eigenvalue weighted by Gasteiger charge is 1.98. The van der Waals surface area contributed by atoms with Crippen molar-refractivity contribution in [3.05, 3.63) is 59.1 Å². The van der Waals surface area contributed by atoms with E-state index in [1.165, 1.54) is 0 Å². The second-order valence-electron chi connectivity index (χ2n) is 3.99. The maximum absolute atomic E-state index is 10.4. The fourth-order valence-corrected chi connectivity index (χ4v) is 1.60. The predicted octanol–water partition coefficient (Wildman–Crippen LogP) is 3.55. The molecule has 0 saturated carbocycles. The van der Waals surface area contributed by atoms with Crippen LogP contribution in [0.1, 0.15) is 5.56 Å². The summed E-state index contributed by atoms with van der Waals surface area (Å²) < 4.78 is 5.04. The van der Waals surface area contributed by atoms with Crippen LogP contribution in [0.3, 0.4) is 0 Å². The number of aliphatic carboxylic acids is 1. The van der Waals surface area contributed by atoms with E-state index in [0.717, 1.165) is 11.3 Å². The number of aliphatic imine (C=N–C) groups is 1. The smallest absolute Gasteiger partial charge is 0.341 e. The van der Waals surface area contributed by atoms with Gasteiger partial charge in [-0.1, -0.05) is 11.6 Å². The quantitative estimate of drug-likeness (QED) is 0.856. The fourth-order valence-electron chi connectivity index (χ4n) is 1.47. The summed E-state index contributed by atoms with van der Waals surface area (Å²) in [5.41, 5.74) is 1.70. The third-order valence-corrected chi connectivity index (χ3v) is 2.68. The molecule has 0 spiro atoms. The molecule has 1 N–H and O–H groups in total. The second-order valence-corrected chi connectivity index (χ2v) is 4.42. The van der Waals surface area contributed by atoms with E-state index in [1.807, 2.05) is 12.1 Å². The molecule has 102 valence electrons. The van der Waals surface area contributed by atoms with Crippen LogP contribution in [0.5, 0.6) is 5.75 Å². The van der Waals surface area contributed by atoms with E-state index in [9.17, 15) is 4.79 Å². The standard InChI is InChI=1S/C15H12ClNO3/c16-12-3-5-13(6-4-12)17-9-11-1-7-14(8-2-11)20-10-15(18)19/h1-9H,10H2,(H,18,19). The maximum atomic E-state index is 10.4. The van der Waals surface area contributed by atoms with E-state index in [0.29, 0.717) is 10.8 Å². The van der Waals surface area contributed by atoms with Gasteiger partial charge in [-0.05, 0) is 54.1 Å². The normalized spacial score (nSPS) is 10.7. The number of hydrogen-bond donors (Lipinski definition) is 1. The molecule has 0 radical (unpaired) electrons. The van der Waals surface area contributed by atoms with E-state index in [2.05, 4.69) is 4.99 Å². The summed E-state index contributed by atoms with van der Waals surface area (Å²) in [6, 6.07) is 14.2.